The van der Waals surface area contributed by atoms with E-state index in [1.165, 1.54) is 23.9 Å². The van der Waals surface area contributed by atoms with Crippen LogP contribution in [0.4, 0.5) is 11.4 Å². The fraction of sp³-hybridized carbons (Fsp3) is 0.250. The van der Waals surface area contributed by atoms with Crippen molar-refractivity contribution < 1.29 is 9.85 Å². The largest absolute Gasteiger partial charge is 0.289 e. The van der Waals surface area contributed by atoms with Crippen LogP contribution in [0.5, 0.6) is 0 Å². The van der Waals surface area contributed by atoms with Crippen molar-refractivity contribution in [3.8, 4) is 0 Å². The molecule has 16 heavy (non-hydrogen) atoms. The highest BCUT2D eigenvalue weighted by Gasteiger charge is 2.19. The topological polar surface area (TPSA) is 86.3 Å². The molecule has 0 aliphatic heterocycles. The maximum absolute atomic E-state index is 10.7. The van der Waals surface area contributed by atoms with Gasteiger partial charge in [0.1, 0.15) is 0 Å². The van der Waals surface area contributed by atoms with E-state index < -0.39 is 9.85 Å². The molecule has 0 aliphatic rings. The first-order valence-electron chi connectivity index (χ1n) is 4.18. The SMILES string of the molecule is O=[N+]([O-])c1ccc(SCCCl)c([N+](=O)[O-])c1. The molecule has 0 N–H and O–H groups in total. The van der Waals surface area contributed by atoms with Crippen LogP contribution in [0, 0.1) is 20.2 Å². The Morgan fingerprint density at radius 3 is 2.44 bits per heavy atom. The molecule has 1 aromatic carbocycles. The first kappa shape index (κ1) is 12.7. The normalized spacial score (nSPS) is 10.1. The van der Waals surface area contributed by atoms with Crippen LogP contribution in [0.15, 0.2) is 23.1 Å². The molecule has 0 amide bonds. The van der Waals surface area contributed by atoms with Crippen molar-refractivity contribution in [3.63, 3.8) is 0 Å². The summed E-state index contributed by atoms with van der Waals surface area (Å²) >= 11 is 6.67. The summed E-state index contributed by atoms with van der Waals surface area (Å²) in [6.45, 7) is 0. The van der Waals surface area contributed by atoms with E-state index in [9.17, 15) is 20.2 Å². The van der Waals surface area contributed by atoms with Crippen molar-refractivity contribution in [1.29, 1.82) is 0 Å². The van der Waals surface area contributed by atoms with E-state index in [1.807, 2.05) is 0 Å². The van der Waals surface area contributed by atoms with Crippen LogP contribution in [0.1, 0.15) is 0 Å². The Morgan fingerprint density at radius 2 is 1.94 bits per heavy atom. The molecule has 0 radical (unpaired) electrons. The molecule has 0 unspecified atom stereocenters. The standard InChI is InChI=1S/C8H7ClN2O4S/c9-3-4-16-8-2-1-6(10(12)13)5-7(8)11(14)15/h1-2,5H,3-4H2. The van der Waals surface area contributed by atoms with Crippen LogP contribution < -0.4 is 0 Å². The first-order chi connectivity index (χ1) is 7.56. The van der Waals surface area contributed by atoms with Crippen LogP contribution in [-0.2, 0) is 0 Å². The Morgan fingerprint density at radius 1 is 1.25 bits per heavy atom. The molecule has 0 bridgehead atoms. The minimum absolute atomic E-state index is 0.260. The van der Waals surface area contributed by atoms with Crippen molar-refractivity contribution in [2.75, 3.05) is 11.6 Å². The van der Waals surface area contributed by atoms with Gasteiger partial charge in [-0.2, -0.15) is 0 Å². The maximum Gasteiger partial charge on any atom is 0.289 e. The average molecular weight is 263 g/mol. The lowest BCUT2D eigenvalue weighted by molar-refractivity contribution is -0.396. The lowest BCUT2D eigenvalue weighted by Gasteiger charge is -2.00. The fourth-order valence-electron chi connectivity index (χ4n) is 1.03. The number of nitro groups is 2. The summed E-state index contributed by atoms with van der Waals surface area (Å²) in [5, 5.41) is 21.2. The van der Waals surface area contributed by atoms with Crippen molar-refractivity contribution in [2.24, 2.45) is 0 Å². The summed E-state index contributed by atoms with van der Waals surface area (Å²) in [7, 11) is 0. The van der Waals surface area contributed by atoms with E-state index in [1.54, 1.807) is 0 Å². The van der Waals surface area contributed by atoms with E-state index in [-0.39, 0.29) is 11.4 Å². The molecular weight excluding hydrogens is 256 g/mol. The molecule has 86 valence electrons. The van der Waals surface area contributed by atoms with Crippen molar-refractivity contribution >= 4 is 34.7 Å². The summed E-state index contributed by atoms with van der Waals surface area (Å²) < 4.78 is 0. The van der Waals surface area contributed by atoms with Gasteiger partial charge in [0, 0.05) is 17.7 Å². The Balaban J connectivity index is 3.09. The molecule has 0 aromatic heterocycles. The van der Waals surface area contributed by atoms with E-state index in [4.69, 9.17) is 11.6 Å². The lowest BCUT2D eigenvalue weighted by atomic mass is 10.3. The molecular formula is C8H7ClN2O4S. The molecule has 0 heterocycles. The zero-order valence-corrected chi connectivity index (χ0v) is 9.53. The molecule has 8 heteroatoms. The van der Waals surface area contributed by atoms with E-state index in [0.29, 0.717) is 16.5 Å². The number of hydrogen-bond donors (Lipinski definition) is 0. The van der Waals surface area contributed by atoms with Gasteiger partial charge in [-0.05, 0) is 6.07 Å². The van der Waals surface area contributed by atoms with Gasteiger partial charge in [-0.3, -0.25) is 20.2 Å². The van der Waals surface area contributed by atoms with Gasteiger partial charge in [-0.15, -0.1) is 23.4 Å². The van der Waals surface area contributed by atoms with Crippen LogP contribution in [0.3, 0.4) is 0 Å². The number of non-ortho nitro benzene ring substituents is 1. The van der Waals surface area contributed by atoms with Gasteiger partial charge in [0.25, 0.3) is 11.4 Å². The minimum Gasteiger partial charge on any atom is -0.258 e. The molecule has 1 rings (SSSR count). The second kappa shape index (κ2) is 5.66. The lowest BCUT2D eigenvalue weighted by Crippen LogP contribution is -1.95. The third-order valence-corrected chi connectivity index (χ3v) is 3.16. The second-order valence-electron chi connectivity index (χ2n) is 2.70. The highest BCUT2D eigenvalue weighted by atomic mass is 35.5. The number of nitro benzene ring substituents is 2. The number of halogens is 1. The molecule has 0 aliphatic carbocycles. The maximum atomic E-state index is 10.7. The monoisotopic (exact) mass is 262 g/mol. The van der Waals surface area contributed by atoms with E-state index in [2.05, 4.69) is 0 Å². The summed E-state index contributed by atoms with van der Waals surface area (Å²) in [5.74, 6) is 0.874. The number of thioether (sulfide) groups is 1. The van der Waals surface area contributed by atoms with Crippen LogP contribution in [-0.4, -0.2) is 21.5 Å². The Hall–Kier alpha value is -1.34. The van der Waals surface area contributed by atoms with Gasteiger partial charge in [0.05, 0.1) is 20.8 Å². The molecule has 0 saturated heterocycles. The van der Waals surface area contributed by atoms with Gasteiger partial charge in [0.2, 0.25) is 0 Å². The number of alkyl halides is 1. The summed E-state index contributed by atoms with van der Waals surface area (Å²) in [5.41, 5.74) is -0.550. The highest BCUT2D eigenvalue weighted by Crippen LogP contribution is 2.32. The quantitative estimate of drug-likeness (QED) is 0.352. The predicted octanol–water partition coefficient (Wildman–Crippen LogP) is 2.83. The highest BCUT2D eigenvalue weighted by molar-refractivity contribution is 7.99. The number of nitrogens with zero attached hydrogens (tertiary/aromatic N) is 2. The minimum atomic E-state index is -0.664. The van der Waals surface area contributed by atoms with Gasteiger partial charge >= 0.3 is 0 Å². The van der Waals surface area contributed by atoms with Crippen molar-refractivity contribution in [3.05, 3.63) is 38.4 Å². The summed E-state index contributed by atoms with van der Waals surface area (Å²) in [4.78, 5) is 20.2. The predicted molar refractivity (Wildman–Crippen MR) is 61.2 cm³/mol. The Kier molecular flexibility index (Phi) is 4.51. The number of benzene rings is 1. The molecule has 6 nitrogen and oxygen atoms in total. The van der Waals surface area contributed by atoms with Crippen LogP contribution in [0.2, 0.25) is 0 Å². The van der Waals surface area contributed by atoms with E-state index in [0.717, 1.165) is 6.07 Å². The van der Waals surface area contributed by atoms with Gasteiger partial charge in [-0.1, -0.05) is 0 Å². The Labute approximate surface area is 99.9 Å². The van der Waals surface area contributed by atoms with Gasteiger partial charge < -0.3 is 0 Å². The molecule has 0 atom stereocenters. The third-order valence-electron chi connectivity index (χ3n) is 1.68. The fourth-order valence-corrected chi connectivity index (χ4v) is 2.01. The average Bonchev–Trinajstić information content (AvgIpc) is 2.25. The van der Waals surface area contributed by atoms with Crippen LogP contribution in [0.25, 0.3) is 0 Å². The summed E-state index contributed by atoms with van der Waals surface area (Å²) in [6.07, 6.45) is 0. The third kappa shape index (κ3) is 3.07. The van der Waals surface area contributed by atoms with Crippen LogP contribution >= 0.6 is 23.4 Å². The van der Waals surface area contributed by atoms with Gasteiger partial charge in [-0.25, -0.2) is 0 Å². The molecule has 0 saturated carbocycles. The van der Waals surface area contributed by atoms with E-state index >= 15 is 0 Å². The molecule has 0 spiro atoms. The number of hydrogen-bond acceptors (Lipinski definition) is 5. The van der Waals surface area contributed by atoms with Gasteiger partial charge in [0.15, 0.2) is 0 Å². The Bertz CT molecular complexity index is 426. The number of rotatable bonds is 5. The zero-order chi connectivity index (χ0) is 12.1. The van der Waals surface area contributed by atoms with Crippen molar-refractivity contribution in [1.82, 2.24) is 0 Å². The summed E-state index contributed by atoms with van der Waals surface area (Å²) in [6, 6.07) is 3.56. The second-order valence-corrected chi connectivity index (χ2v) is 4.22. The molecule has 0 fully saturated rings. The molecule has 1 aromatic rings. The first-order valence-corrected chi connectivity index (χ1v) is 5.70. The zero-order valence-electron chi connectivity index (χ0n) is 7.96. The van der Waals surface area contributed by atoms with Crippen molar-refractivity contribution in [2.45, 2.75) is 4.90 Å². The smallest absolute Gasteiger partial charge is 0.258 e.